The fourth-order valence-electron chi connectivity index (χ4n) is 2.44. The molecule has 0 radical (unpaired) electrons. The Balaban J connectivity index is 1.75. The van der Waals surface area contributed by atoms with Gasteiger partial charge in [0.15, 0.2) is 18.2 Å². The van der Waals surface area contributed by atoms with Crippen LogP contribution in [0.15, 0.2) is 40.9 Å². The highest BCUT2D eigenvalue weighted by Gasteiger charge is 2.27. The Morgan fingerprint density at radius 3 is 2.88 bits per heavy atom. The van der Waals surface area contributed by atoms with E-state index in [0.717, 1.165) is 10.5 Å². The van der Waals surface area contributed by atoms with Gasteiger partial charge in [-0.1, -0.05) is 15.9 Å². The third kappa shape index (κ3) is 3.74. The first-order valence-corrected chi connectivity index (χ1v) is 8.13. The quantitative estimate of drug-likeness (QED) is 0.844. The van der Waals surface area contributed by atoms with Crippen LogP contribution in [0.2, 0.25) is 0 Å². The molecule has 1 heterocycles. The zero-order chi connectivity index (χ0) is 18.0. The van der Waals surface area contributed by atoms with Gasteiger partial charge in [-0.15, -0.1) is 0 Å². The molecule has 0 spiro atoms. The Bertz CT molecular complexity index is 843. The van der Waals surface area contributed by atoms with Crippen LogP contribution >= 0.6 is 15.9 Å². The summed E-state index contributed by atoms with van der Waals surface area (Å²) in [5.74, 6) is -0.768. The number of anilines is 2. The Morgan fingerprint density at radius 1 is 1.36 bits per heavy atom. The van der Waals surface area contributed by atoms with Gasteiger partial charge in [-0.2, -0.15) is 0 Å². The number of hydrogen-bond donors (Lipinski definition) is 1. The Labute approximate surface area is 151 Å². The summed E-state index contributed by atoms with van der Waals surface area (Å²) in [5, 5.41) is 2.57. The van der Waals surface area contributed by atoms with E-state index < -0.39 is 11.7 Å². The van der Waals surface area contributed by atoms with E-state index in [1.54, 1.807) is 18.2 Å². The van der Waals surface area contributed by atoms with E-state index in [0.29, 0.717) is 11.4 Å². The van der Waals surface area contributed by atoms with Crippen molar-refractivity contribution in [2.24, 2.45) is 0 Å². The molecule has 0 saturated heterocycles. The van der Waals surface area contributed by atoms with Crippen molar-refractivity contribution in [3.05, 3.63) is 46.7 Å². The lowest BCUT2D eigenvalue weighted by Gasteiger charge is -2.29. The van der Waals surface area contributed by atoms with Crippen LogP contribution in [0.1, 0.15) is 0 Å². The average Bonchev–Trinajstić information content (AvgIpc) is 2.57. The molecule has 25 heavy (non-hydrogen) atoms. The minimum absolute atomic E-state index is 0.0841. The maximum Gasteiger partial charge on any atom is 0.265 e. The van der Waals surface area contributed by atoms with Crippen molar-refractivity contribution >= 4 is 39.1 Å². The summed E-state index contributed by atoms with van der Waals surface area (Å²) < 4.78 is 24.7. The molecule has 2 aromatic rings. The van der Waals surface area contributed by atoms with Crippen LogP contribution in [0.5, 0.6) is 11.5 Å². The van der Waals surface area contributed by atoms with Gasteiger partial charge in [-0.25, -0.2) is 4.39 Å². The number of hydrogen-bond acceptors (Lipinski definition) is 4. The molecule has 8 heteroatoms. The normalized spacial score (nSPS) is 13.1. The van der Waals surface area contributed by atoms with Crippen LogP contribution in [-0.2, 0) is 9.59 Å². The number of methoxy groups -OCH3 is 1. The third-order valence-electron chi connectivity index (χ3n) is 3.60. The number of carbonyl (C=O) groups excluding carboxylic acids is 2. The van der Waals surface area contributed by atoms with Crippen LogP contribution in [0.3, 0.4) is 0 Å². The van der Waals surface area contributed by atoms with Crippen molar-refractivity contribution in [2.75, 3.05) is 30.5 Å². The highest BCUT2D eigenvalue weighted by atomic mass is 79.9. The van der Waals surface area contributed by atoms with Crippen LogP contribution < -0.4 is 19.7 Å². The van der Waals surface area contributed by atoms with Gasteiger partial charge >= 0.3 is 0 Å². The molecule has 0 atom stereocenters. The van der Waals surface area contributed by atoms with E-state index in [9.17, 15) is 14.0 Å². The first kappa shape index (κ1) is 17.2. The lowest BCUT2D eigenvalue weighted by Crippen LogP contribution is -2.43. The maximum atomic E-state index is 13.7. The molecule has 0 bridgehead atoms. The smallest absolute Gasteiger partial charge is 0.265 e. The second-order valence-electron chi connectivity index (χ2n) is 5.28. The van der Waals surface area contributed by atoms with Crippen molar-refractivity contribution < 1.29 is 23.5 Å². The summed E-state index contributed by atoms with van der Waals surface area (Å²) in [6, 6.07) is 9.26. The summed E-state index contributed by atoms with van der Waals surface area (Å²) in [6.45, 7) is -0.349. The number of carbonyl (C=O) groups is 2. The molecular weight excluding hydrogens is 395 g/mol. The molecule has 1 aliphatic heterocycles. The monoisotopic (exact) mass is 408 g/mol. The predicted octanol–water partition coefficient (Wildman–Crippen LogP) is 2.96. The number of ether oxygens (including phenoxy) is 2. The van der Waals surface area contributed by atoms with E-state index in [1.165, 1.54) is 24.1 Å². The minimum Gasteiger partial charge on any atom is -0.494 e. The molecule has 6 nitrogen and oxygen atoms in total. The topological polar surface area (TPSA) is 67.9 Å². The van der Waals surface area contributed by atoms with Crippen LogP contribution in [-0.4, -0.2) is 32.1 Å². The zero-order valence-corrected chi connectivity index (χ0v) is 14.8. The standard InChI is InChI=1S/C17H14BrFN2O4/c1-24-14-5-3-11(7-12(14)19)20-16(22)8-21-13-4-2-10(18)6-15(13)25-9-17(21)23/h2-7H,8-9H2,1H3,(H,20,22). The third-order valence-corrected chi connectivity index (χ3v) is 4.10. The van der Waals surface area contributed by atoms with Crippen molar-refractivity contribution in [3.63, 3.8) is 0 Å². The van der Waals surface area contributed by atoms with Gasteiger partial charge in [-0.3, -0.25) is 14.5 Å². The number of benzene rings is 2. The fraction of sp³-hybridized carbons (Fsp3) is 0.176. The molecule has 0 aromatic heterocycles. The van der Waals surface area contributed by atoms with Crippen LogP contribution in [0.25, 0.3) is 0 Å². The van der Waals surface area contributed by atoms with Crippen molar-refractivity contribution in [1.82, 2.24) is 0 Å². The largest absolute Gasteiger partial charge is 0.494 e. The zero-order valence-electron chi connectivity index (χ0n) is 13.2. The Kier molecular flexibility index (Phi) is 4.89. The molecule has 130 valence electrons. The molecule has 0 aliphatic carbocycles. The van der Waals surface area contributed by atoms with Gasteiger partial charge in [0.25, 0.3) is 5.91 Å². The number of rotatable bonds is 4. The lowest BCUT2D eigenvalue weighted by atomic mass is 10.2. The van der Waals surface area contributed by atoms with Gasteiger partial charge < -0.3 is 14.8 Å². The second kappa shape index (κ2) is 7.10. The molecular formula is C17H14BrFN2O4. The van der Waals surface area contributed by atoms with Crippen molar-refractivity contribution in [3.8, 4) is 11.5 Å². The summed E-state index contributed by atoms with van der Waals surface area (Å²) in [5.41, 5.74) is 0.788. The Hall–Kier alpha value is -2.61. The summed E-state index contributed by atoms with van der Waals surface area (Å²) in [4.78, 5) is 25.7. The molecule has 0 saturated carbocycles. The molecule has 1 N–H and O–H groups in total. The first-order chi connectivity index (χ1) is 12.0. The number of fused-ring (bicyclic) bond motifs is 1. The van der Waals surface area contributed by atoms with Crippen molar-refractivity contribution in [2.45, 2.75) is 0 Å². The van der Waals surface area contributed by atoms with Crippen LogP contribution in [0.4, 0.5) is 15.8 Å². The van der Waals surface area contributed by atoms with E-state index >= 15 is 0 Å². The van der Waals surface area contributed by atoms with E-state index in [1.807, 2.05) is 0 Å². The number of halogens is 2. The van der Waals surface area contributed by atoms with Gasteiger partial charge in [0.1, 0.15) is 12.3 Å². The predicted molar refractivity (Wildman–Crippen MR) is 93.6 cm³/mol. The summed E-state index contributed by atoms with van der Waals surface area (Å²) in [6.07, 6.45) is 0. The SMILES string of the molecule is COc1ccc(NC(=O)CN2C(=O)COc3cc(Br)ccc32)cc1F. The molecule has 3 rings (SSSR count). The van der Waals surface area contributed by atoms with Gasteiger partial charge in [0.05, 0.1) is 12.8 Å². The number of amides is 2. The molecule has 1 aliphatic rings. The second-order valence-corrected chi connectivity index (χ2v) is 6.19. The molecule has 0 fully saturated rings. The number of nitrogens with zero attached hydrogens (tertiary/aromatic N) is 1. The van der Waals surface area contributed by atoms with E-state index in [-0.39, 0.29) is 30.5 Å². The van der Waals surface area contributed by atoms with Gasteiger partial charge in [0.2, 0.25) is 5.91 Å². The highest BCUT2D eigenvalue weighted by Crippen LogP contribution is 2.34. The average molecular weight is 409 g/mol. The summed E-state index contributed by atoms with van der Waals surface area (Å²) >= 11 is 3.33. The molecule has 2 aromatic carbocycles. The van der Waals surface area contributed by atoms with E-state index in [4.69, 9.17) is 9.47 Å². The molecule has 0 unspecified atom stereocenters. The van der Waals surface area contributed by atoms with E-state index in [2.05, 4.69) is 21.2 Å². The number of nitrogens with one attached hydrogen (secondary N) is 1. The highest BCUT2D eigenvalue weighted by molar-refractivity contribution is 9.10. The Morgan fingerprint density at radius 2 is 2.16 bits per heavy atom. The first-order valence-electron chi connectivity index (χ1n) is 7.34. The van der Waals surface area contributed by atoms with Crippen LogP contribution in [0, 0.1) is 5.82 Å². The minimum atomic E-state index is -0.585. The lowest BCUT2D eigenvalue weighted by molar-refractivity contribution is -0.123. The van der Waals surface area contributed by atoms with Gasteiger partial charge in [-0.05, 0) is 30.3 Å². The fourth-order valence-corrected chi connectivity index (χ4v) is 2.78. The van der Waals surface area contributed by atoms with Crippen molar-refractivity contribution in [1.29, 1.82) is 0 Å². The maximum absolute atomic E-state index is 13.7. The van der Waals surface area contributed by atoms with Gasteiger partial charge in [0, 0.05) is 16.2 Å². The molecule has 2 amide bonds. The summed E-state index contributed by atoms with van der Waals surface area (Å²) in [7, 11) is 1.36.